The number of carbonyl (C=O) groups excluding carboxylic acids is 1. The second kappa shape index (κ2) is 6.12. The number of carbonyl (C=O) groups is 1. The third-order valence-corrected chi connectivity index (χ3v) is 2.79. The van der Waals surface area contributed by atoms with Gasteiger partial charge in [0.2, 0.25) is 0 Å². The molecule has 1 amide bonds. The van der Waals surface area contributed by atoms with Crippen LogP contribution in [0.5, 0.6) is 0 Å². The minimum atomic E-state index is -0.206. The van der Waals surface area contributed by atoms with Gasteiger partial charge in [0, 0.05) is 31.3 Å². The van der Waals surface area contributed by atoms with Gasteiger partial charge >= 0.3 is 0 Å². The average Bonchev–Trinajstić information content (AvgIpc) is 2.40. The Morgan fingerprint density at radius 2 is 1.89 bits per heavy atom. The number of amides is 1. The van der Waals surface area contributed by atoms with E-state index in [1.807, 2.05) is 12.1 Å². The molecule has 0 atom stereocenters. The summed E-state index contributed by atoms with van der Waals surface area (Å²) in [6.07, 6.45) is 7.23. The number of rotatable bonds is 4. The van der Waals surface area contributed by atoms with Crippen LogP contribution in [0.2, 0.25) is 5.02 Å². The third-order valence-electron chi connectivity index (χ3n) is 2.46. The van der Waals surface area contributed by atoms with E-state index in [2.05, 4.69) is 15.3 Å². The monoisotopic (exact) mass is 261 g/mol. The summed E-state index contributed by atoms with van der Waals surface area (Å²) in [6.45, 7) is 0.550. The van der Waals surface area contributed by atoms with Crippen molar-refractivity contribution in [2.45, 2.75) is 6.42 Å². The number of nitrogens with one attached hydrogen (secondary N) is 1. The first kappa shape index (κ1) is 12.5. The Balaban J connectivity index is 1.88. The van der Waals surface area contributed by atoms with Crippen LogP contribution in [-0.4, -0.2) is 22.4 Å². The highest BCUT2D eigenvalue weighted by Crippen LogP contribution is 2.12. The Hall–Kier alpha value is -1.94. The van der Waals surface area contributed by atoms with Gasteiger partial charge in [0.1, 0.15) is 0 Å². The van der Waals surface area contributed by atoms with E-state index in [1.165, 1.54) is 6.20 Å². The molecule has 1 N–H and O–H groups in total. The molecule has 0 unspecified atom stereocenters. The second-order valence-corrected chi connectivity index (χ2v) is 4.12. The zero-order chi connectivity index (χ0) is 12.8. The van der Waals surface area contributed by atoms with Gasteiger partial charge < -0.3 is 5.32 Å². The molecular formula is C13H12ClN3O. The van der Waals surface area contributed by atoms with E-state index in [0.29, 0.717) is 17.1 Å². The van der Waals surface area contributed by atoms with Crippen molar-refractivity contribution in [3.8, 4) is 0 Å². The lowest BCUT2D eigenvalue weighted by Gasteiger charge is -2.06. The Bertz CT molecular complexity index is 531. The molecule has 4 nitrogen and oxygen atoms in total. The molecule has 0 spiro atoms. The number of halogens is 1. The normalized spacial score (nSPS) is 10.1. The van der Waals surface area contributed by atoms with Crippen LogP contribution in [0.3, 0.4) is 0 Å². The molecule has 0 saturated heterocycles. The quantitative estimate of drug-likeness (QED) is 0.917. The minimum Gasteiger partial charge on any atom is -0.352 e. The van der Waals surface area contributed by atoms with Crippen molar-refractivity contribution in [3.63, 3.8) is 0 Å². The van der Waals surface area contributed by atoms with E-state index >= 15 is 0 Å². The van der Waals surface area contributed by atoms with Crippen LogP contribution in [0.1, 0.15) is 15.9 Å². The summed E-state index contributed by atoms with van der Waals surface area (Å²) in [5.74, 6) is -0.206. The maximum absolute atomic E-state index is 11.8. The fourth-order valence-electron chi connectivity index (χ4n) is 1.51. The highest BCUT2D eigenvalue weighted by molar-refractivity contribution is 6.33. The minimum absolute atomic E-state index is 0.206. The van der Waals surface area contributed by atoms with Crippen molar-refractivity contribution in [3.05, 3.63) is 59.1 Å². The molecule has 0 saturated carbocycles. The Morgan fingerprint density at radius 1 is 1.17 bits per heavy atom. The van der Waals surface area contributed by atoms with E-state index < -0.39 is 0 Å². The van der Waals surface area contributed by atoms with E-state index in [-0.39, 0.29) is 5.91 Å². The molecular weight excluding hydrogens is 250 g/mol. The van der Waals surface area contributed by atoms with Gasteiger partial charge in [-0.1, -0.05) is 11.6 Å². The molecule has 0 bridgehead atoms. The number of nitrogens with zero attached hydrogens (tertiary/aromatic N) is 2. The lowest BCUT2D eigenvalue weighted by atomic mass is 10.2. The molecule has 0 fully saturated rings. The van der Waals surface area contributed by atoms with Gasteiger partial charge in [0.25, 0.3) is 5.91 Å². The summed E-state index contributed by atoms with van der Waals surface area (Å²) >= 11 is 5.91. The molecule has 5 heteroatoms. The van der Waals surface area contributed by atoms with Crippen molar-refractivity contribution in [1.82, 2.24) is 15.3 Å². The molecule has 0 aliphatic heterocycles. The first-order valence-corrected chi connectivity index (χ1v) is 5.92. The molecule has 18 heavy (non-hydrogen) atoms. The first-order chi connectivity index (χ1) is 8.77. The van der Waals surface area contributed by atoms with E-state index in [9.17, 15) is 4.79 Å². The van der Waals surface area contributed by atoms with Crippen molar-refractivity contribution < 1.29 is 4.79 Å². The molecule has 0 aliphatic rings. The molecule has 0 aromatic carbocycles. The molecule has 2 rings (SSSR count). The summed E-state index contributed by atoms with van der Waals surface area (Å²) in [4.78, 5) is 19.6. The van der Waals surface area contributed by atoms with Gasteiger partial charge in [-0.25, -0.2) is 0 Å². The van der Waals surface area contributed by atoms with Gasteiger partial charge in [-0.2, -0.15) is 0 Å². The summed E-state index contributed by atoms with van der Waals surface area (Å²) in [7, 11) is 0. The largest absolute Gasteiger partial charge is 0.352 e. The predicted molar refractivity (Wildman–Crippen MR) is 69.5 cm³/mol. The third kappa shape index (κ3) is 3.28. The lowest BCUT2D eigenvalue weighted by molar-refractivity contribution is 0.0954. The molecule has 92 valence electrons. The highest BCUT2D eigenvalue weighted by Gasteiger charge is 2.09. The van der Waals surface area contributed by atoms with Crippen molar-refractivity contribution in [2.24, 2.45) is 0 Å². The second-order valence-electron chi connectivity index (χ2n) is 3.72. The number of hydrogen-bond acceptors (Lipinski definition) is 3. The molecule has 0 radical (unpaired) electrons. The number of aromatic nitrogens is 2. The van der Waals surface area contributed by atoms with Crippen molar-refractivity contribution >= 4 is 17.5 Å². The fraction of sp³-hybridized carbons (Fsp3) is 0.154. The molecule has 2 aromatic rings. The van der Waals surface area contributed by atoms with Gasteiger partial charge in [-0.3, -0.25) is 14.8 Å². The van der Waals surface area contributed by atoms with Crippen LogP contribution < -0.4 is 5.32 Å². The Kier molecular flexibility index (Phi) is 4.25. The van der Waals surface area contributed by atoms with Crippen molar-refractivity contribution in [2.75, 3.05) is 6.54 Å². The predicted octanol–water partition coefficient (Wildman–Crippen LogP) is 2.10. The molecule has 2 heterocycles. The number of pyridine rings is 2. The SMILES string of the molecule is O=C(NCCc1ccncc1)c1cnccc1Cl. The summed E-state index contributed by atoms with van der Waals surface area (Å²) in [5.41, 5.74) is 1.52. The maximum atomic E-state index is 11.8. The fourth-order valence-corrected chi connectivity index (χ4v) is 1.70. The van der Waals surface area contributed by atoms with Crippen molar-refractivity contribution in [1.29, 1.82) is 0 Å². The molecule has 0 aliphatic carbocycles. The standard InChI is InChI=1S/C13H12ClN3O/c14-12-4-7-16-9-11(12)13(18)17-8-3-10-1-5-15-6-2-10/h1-2,4-7,9H,3,8H2,(H,17,18). The van der Waals surface area contributed by atoms with Gasteiger partial charge in [-0.05, 0) is 30.2 Å². The van der Waals surface area contributed by atoms with Crippen LogP contribution in [0.25, 0.3) is 0 Å². The topological polar surface area (TPSA) is 54.9 Å². The van der Waals surface area contributed by atoms with Gasteiger partial charge in [0.15, 0.2) is 0 Å². The zero-order valence-corrected chi connectivity index (χ0v) is 10.4. The van der Waals surface area contributed by atoms with Crippen LogP contribution in [0.4, 0.5) is 0 Å². The van der Waals surface area contributed by atoms with Crippen LogP contribution in [0.15, 0.2) is 43.0 Å². The zero-order valence-electron chi connectivity index (χ0n) is 9.64. The Morgan fingerprint density at radius 3 is 2.61 bits per heavy atom. The van der Waals surface area contributed by atoms with E-state index in [1.54, 1.807) is 24.7 Å². The summed E-state index contributed by atoms with van der Waals surface area (Å²) in [6, 6.07) is 5.44. The smallest absolute Gasteiger partial charge is 0.254 e. The molecule has 2 aromatic heterocycles. The summed E-state index contributed by atoms with van der Waals surface area (Å²) in [5, 5.41) is 3.21. The maximum Gasteiger partial charge on any atom is 0.254 e. The van der Waals surface area contributed by atoms with E-state index in [0.717, 1.165) is 12.0 Å². The first-order valence-electron chi connectivity index (χ1n) is 5.54. The lowest BCUT2D eigenvalue weighted by Crippen LogP contribution is -2.26. The van der Waals surface area contributed by atoms with Gasteiger partial charge in [0.05, 0.1) is 10.6 Å². The van der Waals surface area contributed by atoms with Crippen LogP contribution >= 0.6 is 11.6 Å². The van der Waals surface area contributed by atoms with Gasteiger partial charge in [-0.15, -0.1) is 0 Å². The number of hydrogen-bond donors (Lipinski definition) is 1. The highest BCUT2D eigenvalue weighted by atomic mass is 35.5. The van der Waals surface area contributed by atoms with Crippen LogP contribution in [-0.2, 0) is 6.42 Å². The Labute approximate surface area is 110 Å². The van der Waals surface area contributed by atoms with E-state index in [4.69, 9.17) is 11.6 Å². The average molecular weight is 262 g/mol. The van der Waals surface area contributed by atoms with Crippen LogP contribution in [0, 0.1) is 0 Å². The summed E-state index contributed by atoms with van der Waals surface area (Å²) < 4.78 is 0.